The zero-order valence-electron chi connectivity index (χ0n) is 58.7. The summed E-state index contributed by atoms with van der Waals surface area (Å²) in [6, 6.07) is 20.5. The Labute approximate surface area is 660 Å². The Morgan fingerprint density at radius 2 is 0.341 bits per heavy atom. The van der Waals surface area contributed by atoms with Gasteiger partial charge in [0.15, 0.2) is 0 Å². The molecule has 0 fully saturated rings. The zero-order chi connectivity index (χ0) is 67.9. The van der Waals surface area contributed by atoms with E-state index in [-0.39, 0.29) is 33.4 Å². The van der Waals surface area contributed by atoms with Gasteiger partial charge in [-0.2, -0.15) is 0 Å². The van der Waals surface area contributed by atoms with Crippen molar-refractivity contribution in [3.63, 3.8) is 0 Å². The molecule has 82 heavy (non-hydrogen) atoms. The summed E-state index contributed by atoms with van der Waals surface area (Å²) in [6.45, 7) is 97.0. The molecule has 500 valence electrons. The molecule has 0 N–H and O–H groups in total. The van der Waals surface area contributed by atoms with Crippen molar-refractivity contribution in [2.45, 2.75) is 325 Å². The van der Waals surface area contributed by atoms with Crippen LogP contribution in [0.15, 0.2) is 60.7 Å². The maximum atomic E-state index is 2.58. The Hall–Kier alpha value is 11.0. The van der Waals surface area contributed by atoms with Crippen molar-refractivity contribution in [1.82, 2.24) is 0 Å². The van der Waals surface area contributed by atoms with Gasteiger partial charge in [-0.15, -0.1) is 0 Å². The van der Waals surface area contributed by atoms with Gasteiger partial charge in [-0.3, -0.25) is 0 Å². The number of hydrogen-bond donors (Lipinski definition) is 0. The van der Waals surface area contributed by atoms with Gasteiger partial charge in [0.1, 0.15) is 0 Å². The van der Waals surface area contributed by atoms with Crippen LogP contribution in [-0.4, -0.2) is 107 Å². The van der Waals surface area contributed by atoms with E-state index < -0.39 is 23.8 Å². The fraction of sp³-hybridized carbons (Fsp3) is 0.806. The standard InChI is InChI=1S/2C24H54IP2Se2.2C7H8.2I3.2I2/c2*1-19(2,3)26(20(4,5)6,21(7,8)9)28-25-29-27(22(10,11)12,23(13,14)15)24(16,17)18;2*1-7-5-3-2-4-6-7;2*1-3-2;2*1-2/h2*1-18H3;2*2-6H,1H3;;;;/q2*+1;;;2*-1;;. The van der Waals surface area contributed by atoms with E-state index in [1.165, 1.54) is 11.1 Å². The Morgan fingerprint density at radius 1 is 0.244 bits per heavy atom. The van der Waals surface area contributed by atoms with Crippen molar-refractivity contribution < 1.29 is 59.9 Å². The third kappa shape index (κ3) is 32.3. The molecule has 0 aliphatic heterocycles. The third-order valence-electron chi connectivity index (χ3n) is 13.7. The first-order chi connectivity index (χ1) is 36.0. The first-order valence-electron chi connectivity index (χ1n) is 27.7. The van der Waals surface area contributed by atoms with Crippen LogP contribution >= 0.6 is 173 Å². The fourth-order valence-electron chi connectivity index (χ4n) is 14.6. The Bertz CT molecular complexity index is 1550. The van der Waals surface area contributed by atoms with E-state index in [4.69, 9.17) is 0 Å². The minimum atomic E-state index is -1.15. The van der Waals surface area contributed by atoms with Gasteiger partial charge in [0.2, 0.25) is 0 Å². The average Bonchev–Trinajstić information content (AvgIpc) is 3.21. The third-order valence-corrected chi connectivity index (χ3v) is 182. The molecule has 0 saturated heterocycles. The number of rotatable bonds is 8. The van der Waals surface area contributed by atoms with E-state index in [9.17, 15) is 0 Å². The number of benzene rings is 2. The summed E-state index contributed by atoms with van der Waals surface area (Å²) in [4.78, 5) is 0. The minimum absolute atomic E-state index is 0.273. The van der Waals surface area contributed by atoms with Crippen LogP contribution in [0.25, 0.3) is 0 Å². The van der Waals surface area contributed by atoms with Crippen LogP contribution in [0.5, 0.6) is 0 Å². The SMILES string of the molecule is CC(C)(C)[P+]([Se][I-][Se][P+](C(C)(C)C)(C(C)(C)C)C(C)(C)C)(C(C)(C)C)C(C)(C)C.CC(C)(C)[P+]([Se][I-][Se][P+](C(C)(C)C)(C(C)(C)C)C(C)(C)C)(C(C)(C)C)C(C)(C)C.Cc1ccccc1.Cc1ccccc1.II.II.I[I-]I.I[I-]I. The molecule has 0 saturated carbocycles. The van der Waals surface area contributed by atoms with Crippen molar-refractivity contribution in [3.05, 3.63) is 71.8 Å². The Kier molecular flexibility index (Phi) is 56.3. The van der Waals surface area contributed by atoms with Crippen LogP contribution < -0.4 is 59.9 Å². The Balaban J connectivity index is -0.000000251. The van der Waals surface area contributed by atoms with Gasteiger partial charge >= 0.3 is 514 Å². The second-order valence-electron chi connectivity index (χ2n) is 32.3. The van der Waals surface area contributed by atoms with Crippen molar-refractivity contribution in [2.75, 3.05) is 0 Å². The number of hydrogen-bond acceptors (Lipinski definition) is 0. The molecule has 0 aliphatic rings. The molecule has 0 aliphatic carbocycles. The van der Waals surface area contributed by atoms with Crippen molar-refractivity contribution in [1.29, 1.82) is 0 Å². The molecule has 0 nitrogen and oxygen atoms in total. The predicted molar refractivity (Wildman–Crippen MR) is 462 cm³/mol. The molecular weight excluding hydrogens is 2710 g/mol. The predicted octanol–water partition coefficient (Wildman–Crippen LogP) is 17.0. The summed E-state index contributed by atoms with van der Waals surface area (Å²) >= 11 is 22.9. The van der Waals surface area contributed by atoms with Crippen molar-refractivity contribution in [2.24, 2.45) is 0 Å². The molecule has 0 unspecified atom stereocenters. The van der Waals surface area contributed by atoms with E-state index in [1.807, 2.05) is 36.4 Å². The van der Waals surface area contributed by atoms with E-state index in [2.05, 4.69) is 436 Å². The van der Waals surface area contributed by atoms with E-state index in [0.29, 0.717) is 88.4 Å². The second-order valence-corrected chi connectivity index (χ2v) is 151. The fourth-order valence-corrected chi connectivity index (χ4v) is 300. The first-order valence-corrected chi connectivity index (χ1v) is 102. The molecule has 0 aromatic heterocycles. The van der Waals surface area contributed by atoms with Crippen LogP contribution in [0.3, 0.4) is 0 Å². The Morgan fingerprint density at radius 3 is 0.402 bits per heavy atom. The van der Waals surface area contributed by atoms with Gasteiger partial charge in [0.05, 0.1) is 0 Å². The molecule has 2 rings (SSSR count). The van der Waals surface area contributed by atoms with Gasteiger partial charge in [0, 0.05) is 74.5 Å². The maximum absolute atomic E-state index is 2.58. The van der Waals surface area contributed by atoms with Gasteiger partial charge in [-0.05, 0) is 13.8 Å². The van der Waals surface area contributed by atoms with Crippen LogP contribution in [-0.2, 0) is 0 Å². The molecule has 20 heteroatoms. The molecule has 2 aromatic carbocycles. The molecular formula is C62H124I12P4Se4. The monoisotopic (exact) mass is 2840 g/mol. The number of halogens is 12. The van der Waals surface area contributed by atoms with Crippen molar-refractivity contribution >= 4 is 218 Å². The first kappa shape index (κ1) is 104. The molecule has 0 radical (unpaired) electrons. The molecule has 0 heterocycles. The summed E-state index contributed by atoms with van der Waals surface area (Å²) < 4.78 is 0. The van der Waals surface area contributed by atoms with Crippen LogP contribution in [0.4, 0.5) is 0 Å². The van der Waals surface area contributed by atoms with Gasteiger partial charge in [-0.25, -0.2) is 0 Å². The average molecular weight is 2830 g/mol. The normalized spacial score (nSPS) is 13.8. The second kappa shape index (κ2) is 44.4. The summed E-state index contributed by atoms with van der Waals surface area (Å²) in [5.74, 6) is -4.58. The number of aryl methyl sites for hydroxylation is 2. The zero-order valence-corrected chi connectivity index (χ0v) is 95.1. The van der Waals surface area contributed by atoms with Crippen LogP contribution in [0.1, 0.15) is 260 Å². The van der Waals surface area contributed by atoms with Gasteiger partial charge in [-0.1, -0.05) is 71.8 Å². The molecule has 2 aromatic rings. The van der Waals surface area contributed by atoms with E-state index in [1.54, 1.807) is 0 Å². The molecule has 0 amide bonds. The van der Waals surface area contributed by atoms with Gasteiger partial charge < -0.3 is 0 Å². The van der Waals surface area contributed by atoms with Crippen LogP contribution in [0, 0.1) is 13.8 Å². The van der Waals surface area contributed by atoms with Crippen molar-refractivity contribution in [3.8, 4) is 0 Å². The topological polar surface area (TPSA) is 0 Å². The summed E-state index contributed by atoms with van der Waals surface area (Å²) in [5.41, 5.74) is 2.64. The van der Waals surface area contributed by atoms with E-state index in [0.717, 1.165) is 45.1 Å². The molecule has 0 bridgehead atoms. The quantitative estimate of drug-likeness (QED) is 0.140. The van der Waals surface area contributed by atoms with Gasteiger partial charge in [0.25, 0.3) is 0 Å². The van der Waals surface area contributed by atoms with Crippen LogP contribution in [0.2, 0.25) is 0 Å². The molecule has 0 spiro atoms. The summed E-state index contributed by atoms with van der Waals surface area (Å²) in [5, 5.41) is 5.23. The van der Waals surface area contributed by atoms with E-state index >= 15 is 0 Å². The summed E-state index contributed by atoms with van der Waals surface area (Å²) in [6.07, 6.45) is 0. The summed E-state index contributed by atoms with van der Waals surface area (Å²) in [7, 11) is 0. The molecule has 0 atom stereocenters.